The van der Waals surface area contributed by atoms with Crippen molar-refractivity contribution in [3.8, 4) is 0 Å². The molecule has 230 valence electrons. The monoisotopic (exact) mass is 580 g/mol. The van der Waals surface area contributed by atoms with Gasteiger partial charge in [-0.3, -0.25) is 9.59 Å². The van der Waals surface area contributed by atoms with Gasteiger partial charge in [0.2, 0.25) is 11.8 Å². The molecule has 2 saturated heterocycles. The number of benzene rings is 1. The van der Waals surface area contributed by atoms with Crippen molar-refractivity contribution in [3.63, 3.8) is 0 Å². The number of aromatic carboxylic acids is 2. The third kappa shape index (κ3) is 6.04. The first-order chi connectivity index (χ1) is 19.2. The first kappa shape index (κ1) is 33.1. The molecule has 0 aliphatic carbocycles. The molecule has 0 radical (unpaired) electrons. The highest BCUT2D eigenvalue weighted by Crippen LogP contribution is 2.52. The molecule has 42 heavy (non-hydrogen) atoms. The molecule has 3 rings (SSSR count). The van der Waals surface area contributed by atoms with Crippen molar-refractivity contribution in [3.05, 3.63) is 58.7 Å². The first-order valence-electron chi connectivity index (χ1n) is 14.8. The molecule has 2 fully saturated rings. The molecular weight excluding hydrogens is 532 g/mol. The summed E-state index contributed by atoms with van der Waals surface area (Å²) in [6, 6.07) is 3.21. The molecule has 2 N–H and O–H groups in total. The van der Waals surface area contributed by atoms with E-state index in [1.54, 1.807) is 37.3 Å². The lowest BCUT2D eigenvalue weighted by Crippen LogP contribution is -2.62. The maximum atomic E-state index is 13.2. The van der Waals surface area contributed by atoms with Gasteiger partial charge in [0.15, 0.2) is 0 Å². The van der Waals surface area contributed by atoms with Crippen LogP contribution in [0, 0.1) is 0 Å². The van der Waals surface area contributed by atoms with E-state index in [0.717, 1.165) is 5.56 Å². The van der Waals surface area contributed by atoms with Crippen LogP contribution in [0.2, 0.25) is 0 Å². The molecule has 2 amide bonds. The summed E-state index contributed by atoms with van der Waals surface area (Å²) in [4.78, 5) is 55.4. The summed E-state index contributed by atoms with van der Waals surface area (Å²) in [7, 11) is 0. The van der Waals surface area contributed by atoms with Crippen molar-refractivity contribution in [2.45, 2.75) is 129 Å². The maximum absolute atomic E-state index is 13.2. The van der Waals surface area contributed by atoms with Crippen LogP contribution >= 0.6 is 0 Å². The summed E-state index contributed by atoms with van der Waals surface area (Å²) in [6.07, 6.45) is 8.70. The smallest absolute Gasteiger partial charge is 0.336 e. The van der Waals surface area contributed by atoms with Crippen LogP contribution in [0.25, 0.3) is 0 Å². The molecule has 0 saturated carbocycles. The molecule has 2 aliphatic rings. The van der Waals surface area contributed by atoms with E-state index < -0.39 is 34.1 Å². The Balaban J connectivity index is 2.26. The fourth-order valence-electron chi connectivity index (χ4n) is 8.45. The fourth-order valence-corrected chi connectivity index (χ4v) is 8.45. The number of carboxylic acids is 2. The van der Waals surface area contributed by atoms with Crippen molar-refractivity contribution in [1.82, 2.24) is 9.80 Å². The summed E-state index contributed by atoms with van der Waals surface area (Å²) in [5.74, 6) is -3.15. The molecule has 8 nitrogen and oxygen atoms in total. The van der Waals surface area contributed by atoms with Crippen LogP contribution in [0.1, 0.15) is 139 Å². The number of hydrogen-bond donors (Lipinski definition) is 2. The van der Waals surface area contributed by atoms with Gasteiger partial charge in [-0.05, 0) is 136 Å². The molecule has 0 bridgehead atoms. The third-order valence-corrected chi connectivity index (χ3v) is 9.04. The number of rotatable bonds is 6. The van der Waals surface area contributed by atoms with Gasteiger partial charge in [-0.1, -0.05) is 18.2 Å². The first-order valence-corrected chi connectivity index (χ1v) is 14.8. The molecule has 8 heteroatoms. The minimum absolute atomic E-state index is 0.0692. The summed E-state index contributed by atoms with van der Waals surface area (Å²) in [5, 5.41) is 20.6. The lowest BCUT2D eigenvalue weighted by molar-refractivity contribution is -0.145. The van der Waals surface area contributed by atoms with Crippen LogP contribution in [-0.4, -0.2) is 65.9 Å². The van der Waals surface area contributed by atoms with Crippen LogP contribution in [0.5, 0.6) is 0 Å². The van der Waals surface area contributed by atoms with Crippen molar-refractivity contribution < 1.29 is 29.4 Å². The van der Waals surface area contributed by atoms with E-state index in [1.807, 2.05) is 72.1 Å². The molecule has 2 aliphatic heterocycles. The standard InChI is InChI=1S/C34H48N2O6/c1-11-13-25(37)35-31(3,4)17-21(18-32(35,5)6)23-15-16-24(29(39)40)28(30(41)42)27(23)22-19-33(7,8)36(26(38)14-12-2)34(9,10)20-22/h11-16,21-22H,17-20H2,1-10H3,(H,39,40)(H,41,42). The Kier molecular flexibility index (Phi) is 8.94. The molecule has 0 spiro atoms. The van der Waals surface area contributed by atoms with Crippen LogP contribution in [0.3, 0.4) is 0 Å². The van der Waals surface area contributed by atoms with E-state index in [9.17, 15) is 29.4 Å². The van der Waals surface area contributed by atoms with E-state index in [0.29, 0.717) is 31.2 Å². The second kappa shape index (κ2) is 11.3. The highest BCUT2D eigenvalue weighted by molar-refractivity contribution is 6.03. The zero-order valence-corrected chi connectivity index (χ0v) is 26.9. The normalized spacial score (nSPS) is 22.0. The van der Waals surface area contributed by atoms with Crippen LogP contribution < -0.4 is 0 Å². The van der Waals surface area contributed by atoms with Crippen molar-refractivity contribution in [2.75, 3.05) is 0 Å². The van der Waals surface area contributed by atoms with E-state index in [4.69, 9.17) is 0 Å². The summed E-state index contributed by atoms with van der Waals surface area (Å²) >= 11 is 0. The predicted octanol–water partition coefficient (Wildman–Crippen LogP) is 6.76. The van der Waals surface area contributed by atoms with Gasteiger partial charge in [0.1, 0.15) is 0 Å². The average Bonchev–Trinajstić information content (AvgIpc) is 2.79. The second-order valence-corrected chi connectivity index (χ2v) is 14.4. The molecule has 0 unspecified atom stereocenters. The van der Waals surface area contributed by atoms with Gasteiger partial charge in [-0.15, -0.1) is 0 Å². The number of hydrogen-bond acceptors (Lipinski definition) is 4. The van der Waals surface area contributed by atoms with Crippen molar-refractivity contribution >= 4 is 23.8 Å². The van der Waals surface area contributed by atoms with Crippen LogP contribution in [-0.2, 0) is 9.59 Å². The summed E-state index contributed by atoms with van der Waals surface area (Å²) in [5.41, 5.74) is -1.39. The Bertz CT molecular complexity index is 1300. The zero-order chi connectivity index (χ0) is 32.0. The van der Waals surface area contributed by atoms with Crippen LogP contribution in [0.4, 0.5) is 0 Å². The zero-order valence-electron chi connectivity index (χ0n) is 26.9. The van der Waals surface area contributed by atoms with Gasteiger partial charge < -0.3 is 20.0 Å². The topological polar surface area (TPSA) is 115 Å². The molecule has 1 aromatic rings. The van der Waals surface area contributed by atoms with Gasteiger partial charge >= 0.3 is 11.9 Å². The molecule has 0 aromatic heterocycles. The van der Waals surface area contributed by atoms with Gasteiger partial charge in [-0.2, -0.15) is 0 Å². The average molecular weight is 581 g/mol. The second-order valence-electron chi connectivity index (χ2n) is 14.4. The number of carboxylic acid groups (broad SMARTS) is 2. The molecule has 2 heterocycles. The van der Waals surface area contributed by atoms with Gasteiger partial charge in [0.25, 0.3) is 0 Å². The van der Waals surface area contributed by atoms with Gasteiger partial charge in [0, 0.05) is 22.2 Å². The largest absolute Gasteiger partial charge is 0.478 e. The highest BCUT2D eigenvalue weighted by atomic mass is 16.4. The summed E-state index contributed by atoms with van der Waals surface area (Å²) in [6.45, 7) is 19.7. The lowest BCUT2D eigenvalue weighted by atomic mass is 9.65. The quantitative estimate of drug-likeness (QED) is 0.359. The van der Waals surface area contributed by atoms with E-state index >= 15 is 0 Å². The number of carbonyl (C=O) groups is 4. The predicted molar refractivity (Wildman–Crippen MR) is 164 cm³/mol. The number of allylic oxidation sites excluding steroid dienone is 2. The SMILES string of the molecule is CC=CC(=O)N1C(C)(C)CC(c2ccc(C(=O)O)c(C(=O)O)c2C2CC(C)(C)N(C(=O)C=CC)C(C)(C)C2)CC1(C)C. The van der Waals surface area contributed by atoms with Gasteiger partial charge in [-0.25, -0.2) is 9.59 Å². The number of likely N-dealkylation sites (tertiary alicyclic amines) is 2. The summed E-state index contributed by atoms with van der Waals surface area (Å²) < 4.78 is 0. The molecule has 0 atom stereocenters. The number of piperidine rings is 2. The van der Waals surface area contributed by atoms with Crippen LogP contribution in [0.15, 0.2) is 36.4 Å². The van der Waals surface area contributed by atoms with Gasteiger partial charge in [0.05, 0.1) is 11.1 Å². The van der Waals surface area contributed by atoms with Crippen molar-refractivity contribution in [1.29, 1.82) is 0 Å². The molecule has 1 aromatic carbocycles. The Labute approximate surface area is 250 Å². The van der Waals surface area contributed by atoms with E-state index in [-0.39, 0.29) is 34.8 Å². The minimum atomic E-state index is -1.29. The Morgan fingerprint density at radius 3 is 1.38 bits per heavy atom. The fraction of sp³-hybridized carbons (Fsp3) is 0.588. The minimum Gasteiger partial charge on any atom is -0.478 e. The Morgan fingerprint density at radius 1 is 0.667 bits per heavy atom. The maximum Gasteiger partial charge on any atom is 0.336 e. The number of amides is 2. The van der Waals surface area contributed by atoms with E-state index in [1.165, 1.54) is 6.07 Å². The number of nitrogens with zero attached hydrogens (tertiary/aromatic N) is 2. The third-order valence-electron chi connectivity index (χ3n) is 9.04. The highest BCUT2D eigenvalue weighted by Gasteiger charge is 2.51. The Hall–Kier alpha value is -3.42. The number of carbonyl (C=O) groups excluding carboxylic acids is 2. The lowest BCUT2D eigenvalue weighted by Gasteiger charge is -2.57. The Morgan fingerprint density at radius 2 is 1.05 bits per heavy atom. The van der Waals surface area contributed by atoms with Crippen molar-refractivity contribution in [2.24, 2.45) is 0 Å². The molecular formula is C34H48N2O6. The van der Waals surface area contributed by atoms with E-state index in [2.05, 4.69) is 0 Å².